The molecule has 0 bridgehead atoms. The molecule has 0 saturated carbocycles. The average Bonchev–Trinajstić information content (AvgIpc) is 2.70. The first-order chi connectivity index (χ1) is 9.10. The van der Waals surface area contributed by atoms with Gasteiger partial charge < -0.3 is 9.32 Å². The maximum atomic E-state index is 12.3. The standard InChI is InChI=1S/C12H17BrN2O4S/c1-12(2)3-5-15(6-4-12)11(16)8-7-9(10(13)19-8)20(14,17)18/h7H,3-6H2,1-2H3,(H2,14,17,18). The molecule has 0 spiro atoms. The number of nitrogens with two attached hydrogens (primary N) is 1. The Morgan fingerprint density at radius 3 is 2.40 bits per heavy atom. The zero-order valence-electron chi connectivity index (χ0n) is 11.3. The lowest BCUT2D eigenvalue weighted by Gasteiger charge is -2.36. The van der Waals surface area contributed by atoms with Crippen LogP contribution >= 0.6 is 15.9 Å². The van der Waals surface area contributed by atoms with E-state index in [4.69, 9.17) is 9.56 Å². The van der Waals surface area contributed by atoms with Crippen molar-refractivity contribution in [3.63, 3.8) is 0 Å². The summed E-state index contributed by atoms with van der Waals surface area (Å²) in [6.45, 7) is 5.60. The summed E-state index contributed by atoms with van der Waals surface area (Å²) in [5.41, 5.74) is 0.228. The highest BCUT2D eigenvalue weighted by Crippen LogP contribution is 2.31. The second kappa shape index (κ2) is 5.16. The van der Waals surface area contributed by atoms with Gasteiger partial charge in [-0.2, -0.15) is 0 Å². The van der Waals surface area contributed by atoms with Gasteiger partial charge in [-0.1, -0.05) is 13.8 Å². The van der Waals surface area contributed by atoms with Crippen molar-refractivity contribution in [1.82, 2.24) is 4.90 Å². The molecule has 0 atom stereocenters. The average molecular weight is 365 g/mol. The molecule has 2 N–H and O–H groups in total. The van der Waals surface area contributed by atoms with E-state index in [0.29, 0.717) is 13.1 Å². The smallest absolute Gasteiger partial charge is 0.289 e. The van der Waals surface area contributed by atoms with Gasteiger partial charge in [-0.25, -0.2) is 13.6 Å². The van der Waals surface area contributed by atoms with E-state index in [9.17, 15) is 13.2 Å². The van der Waals surface area contributed by atoms with Gasteiger partial charge in [-0.15, -0.1) is 0 Å². The van der Waals surface area contributed by atoms with Crippen molar-refractivity contribution in [2.24, 2.45) is 10.6 Å². The monoisotopic (exact) mass is 364 g/mol. The first-order valence-corrected chi connectivity index (χ1v) is 8.55. The predicted molar refractivity (Wildman–Crippen MR) is 76.7 cm³/mol. The number of halogens is 1. The third-order valence-electron chi connectivity index (χ3n) is 3.58. The number of primary sulfonamides is 1. The van der Waals surface area contributed by atoms with Gasteiger partial charge in [0.25, 0.3) is 5.91 Å². The van der Waals surface area contributed by atoms with Crippen LogP contribution in [0.4, 0.5) is 0 Å². The van der Waals surface area contributed by atoms with Crippen molar-refractivity contribution >= 4 is 31.9 Å². The number of furan rings is 1. The molecule has 1 aromatic rings. The van der Waals surface area contributed by atoms with Gasteiger partial charge in [0.1, 0.15) is 4.90 Å². The van der Waals surface area contributed by atoms with Gasteiger partial charge in [-0.3, -0.25) is 4.79 Å². The van der Waals surface area contributed by atoms with Crippen molar-refractivity contribution in [3.05, 3.63) is 16.5 Å². The van der Waals surface area contributed by atoms with Crippen LogP contribution in [-0.4, -0.2) is 32.3 Å². The highest BCUT2D eigenvalue weighted by atomic mass is 79.9. The van der Waals surface area contributed by atoms with Crippen LogP contribution < -0.4 is 5.14 Å². The minimum Gasteiger partial charge on any atom is -0.443 e. The number of hydrogen-bond donors (Lipinski definition) is 1. The highest BCUT2D eigenvalue weighted by Gasteiger charge is 2.31. The molecule has 2 rings (SSSR count). The second-order valence-corrected chi connectivity index (χ2v) is 8.00. The van der Waals surface area contributed by atoms with E-state index in [0.717, 1.165) is 12.8 Å². The largest absolute Gasteiger partial charge is 0.443 e. The highest BCUT2D eigenvalue weighted by molar-refractivity contribution is 9.10. The Kier molecular flexibility index (Phi) is 4.01. The summed E-state index contributed by atoms with van der Waals surface area (Å²) in [5, 5.41) is 5.04. The second-order valence-electron chi connectivity index (χ2n) is 5.75. The molecule has 0 aliphatic carbocycles. The lowest BCUT2D eigenvalue weighted by Crippen LogP contribution is -2.41. The Labute approximate surface area is 126 Å². The van der Waals surface area contributed by atoms with Gasteiger partial charge in [0.05, 0.1) is 0 Å². The molecule has 2 heterocycles. The Balaban J connectivity index is 2.19. The third-order valence-corrected chi connectivity index (χ3v) is 5.34. The Hall–Kier alpha value is -0.860. The fraction of sp³-hybridized carbons (Fsp3) is 0.583. The van der Waals surface area contributed by atoms with Crippen molar-refractivity contribution in [1.29, 1.82) is 0 Å². The number of amides is 1. The van der Waals surface area contributed by atoms with Crippen LogP contribution in [-0.2, 0) is 10.0 Å². The first kappa shape index (κ1) is 15.5. The fourth-order valence-corrected chi connectivity index (χ4v) is 3.62. The molecule has 112 valence electrons. The molecule has 0 aromatic carbocycles. The van der Waals surface area contributed by atoms with E-state index in [-0.39, 0.29) is 26.6 Å². The summed E-state index contributed by atoms with van der Waals surface area (Å²) >= 11 is 2.97. The maximum Gasteiger partial charge on any atom is 0.289 e. The number of piperidine rings is 1. The van der Waals surface area contributed by atoms with E-state index in [1.807, 2.05) is 0 Å². The van der Waals surface area contributed by atoms with Crippen LogP contribution in [0.1, 0.15) is 37.2 Å². The van der Waals surface area contributed by atoms with Crippen molar-refractivity contribution in [2.75, 3.05) is 13.1 Å². The molecule has 1 aromatic heterocycles. The molecular formula is C12H17BrN2O4S. The van der Waals surface area contributed by atoms with Crippen molar-refractivity contribution in [2.45, 2.75) is 31.6 Å². The van der Waals surface area contributed by atoms with Gasteiger partial charge >= 0.3 is 0 Å². The lowest BCUT2D eigenvalue weighted by molar-refractivity contribution is 0.0598. The number of carbonyl (C=O) groups excluding carboxylic acids is 1. The quantitative estimate of drug-likeness (QED) is 0.867. The van der Waals surface area contributed by atoms with Crippen LogP contribution in [0.2, 0.25) is 0 Å². The van der Waals surface area contributed by atoms with Crippen molar-refractivity contribution < 1.29 is 17.6 Å². The van der Waals surface area contributed by atoms with Crippen LogP contribution in [0.15, 0.2) is 20.0 Å². The first-order valence-electron chi connectivity index (χ1n) is 6.22. The summed E-state index contributed by atoms with van der Waals surface area (Å²) in [6.07, 6.45) is 1.81. The third kappa shape index (κ3) is 3.24. The molecule has 6 nitrogen and oxygen atoms in total. The van der Waals surface area contributed by atoms with E-state index < -0.39 is 10.0 Å². The summed E-state index contributed by atoms with van der Waals surface area (Å²) in [5.74, 6) is -0.322. The van der Waals surface area contributed by atoms with Gasteiger partial charge in [0.2, 0.25) is 10.0 Å². The zero-order valence-corrected chi connectivity index (χ0v) is 13.8. The minimum absolute atomic E-state index is 0.0133. The van der Waals surface area contributed by atoms with Crippen LogP contribution in [0.3, 0.4) is 0 Å². The number of sulfonamides is 1. The van der Waals surface area contributed by atoms with Crippen molar-refractivity contribution in [3.8, 4) is 0 Å². The normalized spacial score (nSPS) is 19.1. The molecular weight excluding hydrogens is 348 g/mol. The number of nitrogens with zero attached hydrogens (tertiary/aromatic N) is 1. The van der Waals surface area contributed by atoms with Crippen LogP contribution in [0.5, 0.6) is 0 Å². The molecule has 1 fully saturated rings. The number of rotatable bonds is 2. The van der Waals surface area contributed by atoms with Crippen LogP contribution in [0, 0.1) is 5.41 Å². The number of likely N-dealkylation sites (tertiary alicyclic amines) is 1. The number of carbonyl (C=O) groups is 1. The summed E-state index contributed by atoms with van der Waals surface area (Å²) in [7, 11) is -3.91. The Bertz CT molecular complexity index is 626. The SMILES string of the molecule is CC1(C)CCN(C(=O)c2cc(S(N)(=O)=O)c(Br)o2)CC1. The maximum absolute atomic E-state index is 12.3. The lowest BCUT2D eigenvalue weighted by atomic mass is 9.82. The minimum atomic E-state index is -3.91. The molecule has 8 heteroatoms. The Morgan fingerprint density at radius 2 is 1.95 bits per heavy atom. The predicted octanol–water partition coefficient (Wildman–Crippen LogP) is 1.95. The molecule has 1 saturated heterocycles. The topological polar surface area (TPSA) is 93.6 Å². The number of hydrogen-bond acceptors (Lipinski definition) is 4. The Morgan fingerprint density at radius 1 is 1.40 bits per heavy atom. The molecule has 0 unspecified atom stereocenters. The van der Waals surface area contributed by atoms with E-state index in [1.54, 1.807) is 4.90 Å². The van der Waals surface area contributed by atoms with Gasteiger partial charge in [-0.05, 0) is 34.2 Å². The van der Waals surface area contributed by atoms with Gasteiger partial charge in [0, 0.05) is 19.2 Å². The van der Waals surface area contributed by atoms with E-state index in [2.05, 4.69) is 29.8 Å². The zero-order chi connectivity index (χ0) is 15.1. The van der Waals surface area contributed by atoms with Crippen LogP contribution in [0.25, 0.3) is 0 Å². The molecule has 1 amide bonds. The molecule has 1 aliphatic heterocycles. The fourth-order valence-electron chi connectivity index (χ4n) is 2.12. The molecule has 1 aliphatic rings. The summed E-state index contributed by atoms with van der Waals surface area (Å²) in [6, 6.07) is 1.17. The van der Waals surface area contributed by atoms with E-state index >= 15 is 0 Å². The van der Waals surface area contributed by atoms with E-state index in [1.165, 1.54) is 6.07 Å². The molecule has 0 radical (unpaired) electrons. The van der Waals surface area contributed by atoms with Gasteiger partial charge in [0.15, 0.2) is 10.4 Å². The summed E-state index contributed by atoms with van der Waals surface area (Å²) < 4.78 is 27.8. The summed E-state index contributed by atoms with van der Waals surface area (Å²) in [4.78, 5) is 13.7. The molecule has 20 heavy (non-hydrogen) atoms.